The van der Waals surface area contributed by atoms with E-state index >= 15 is 0 Å². The minimum atomic E-state index is -4.43. The lowest BCUT2D eigenvalue weighted by atomic mass is 10.1. The van der Waals surface area contributed by atoms with E-state index in [1.54, 1.807) is 32.0 Å². The molecule has 4 nitrogen and oxygen atoms in total. The van der Waals surface area contributed by atoms with Gasteiger partial charge in [-0.15, -0.1) is 0 Å². The van der Waals surface area contributed by atoms with Crippen LogP contribution in [0, 0.1) is 6.92 Å². The number of ether oxygens (including phenoxy) is 1. The fourth-order valence-electron chi connectivity index (χ4n) is 3.21. The fraction of sp³-hybridized carbons (Fsp3) is 0.300. The van der Waals surface area contributed by atoms with Gasteiger partial charge in [0.15, 0.2) is 0 Å². The molecule has 0 unspecified atom stereocenters. The van der Waals surface area contributed by atoms with E-state index in [0.717, 1.165) is 23.3 Å². The summed E-state index contributed by atoms with van der Waals surface area (Å²) in [6.07, 6.45) is -4.43. The second-order valence-corrected chi connectivity index (χ2v) is 6.07. The number of fused-ring (bicyclic) bond motifs is 1. The van der Waals surface area contributed by atoms with Crippen LogP contribution < -0.4 is 0 Å². The first-order valence-corrected chi connectivity index (χ1v) is 8.62. The van der Waals surface area contributed by atoms with E-state index in [1.807, 2.05) is 11.5 Å². The third-order valence-corrected chi connectivity index (χ3v) is 4.45. The van der Waals surface area contributed by atoms with Gasteiger partial charge < -0.3 is 9.30 Å². The van der Waals surface area contributed by atoms with E-state index in [1.165, 1.54) is 6.07 Å². The summed E-state index contributed by atoms with van der Waals surface area (Å²) in [6, 6.07) is 8.43. The first-order chi connectivity index (χ1) is 12.8. The normalized spacial score (nSPS) is 11.8. The van der Waals surface area contributed by atoms with Crippen LogP contribution in [0.1, 0.15) is 35.5 Å². The number of hydrogen-bond donors (Lipinski definition) is 0. The van der Waals surface area contributed by atoms with Crippen molar-refractivity contribution in [2.45, 2.75) is 33.5 Å². The molecule has 0 radical (unpaired) electrons. The average Bonchev–Trinajstić information content (AvgIpc) is 2.91. The maximum Gasteiger partial charge on any atom is 0.416 e. The van der Waals surface area contributed by atoms with Crippen molar-refractivity contribution in [3.8, 4) is 11.3 Å². The van der Waals surface area contributed by atoms with E-state index in [4.69, 9.17) is 4.74 Å². The molecule has 3 rings (SSSR count). The molecule has 0 spiro atoms. The molecule has 0 saturated carbocycles. The molecule has 3 aromatic rings. The van der Waals surface area contributed by atoms with Gasteiger partial charge in [-0.05, 0) is 45.0 Å². The van der Waals surface area contributed by atoms with Gasteiger partial charge in [0.05, 0.1) is 23.4 Å². The summed E-state index contributed by atoms with van der Waals surface area (Å²) in [7, 11) is 0. The Hall–Kier alpha value is -2.83. The van der Waals surface area contributed by atoms with Gasteiger partial charge in [0.25, 0.3) is 0 Å². The number of benzene rings is 1. The maximum absolute atomic E-state index is 13.0. The number of nitrogens with zero attached hydrogens (tertiary/aromatic N) is 2. The first-order valence-electron chi connectivity index (χ1n) is 8.62. The predicted molar refractivity (Wildman–Crippen MR) is 96.5 cm³/mol. The summed E-state index contributed by atoms with van der Waals surface area (Å²) in [5.74, 6) is -0.485. The number of halogens is 3. The number of alkyl halides is 3. The highest BCUT2D eigenvalue weighted by molar-refractivity contribution is 6.04. The van der Waals surface area contributed by atoms with Crippen LogP contribution in [-0.4, -0.2) is 22.1 Å². The number of carbonyl (C=O) groups is 1. The standard InChI is InChI=1S/C20H19F3N2O2/c1-4-25-12(3)17(19(26)27-5-2)18-16(25)10-9-15(24-18)13-7-6-8-14(11-13)20(21,22)23/h6-11H,4-5H2,1-3H3. The topological polar surface area (TPSA) is 44.1 Å². The van der Waals surface area contributed by atoms with Crippen LogP contribution in [0.4, 0.5) is 13.2 Å². The number of pyridine rings is 1. The van der Waals surface area contributed by atoms with E-state index in [-0.39, 0.29) is 6.61 Å². The summed E-state index contributed by atoms with van der Waals surface area (Å²) in [5.41, 5.74) is 2.21. The smallest absolute Gasteiger partial charge is 0.416 e. The summed E-state index contributed by atoms with van der Waals surface area (Å²) in [4.78, 5) is 16.9. The number of rotatable bonds is 4. The molecule has 0 aliphatic carbocycles. The van der Waals surface area contributed by atoms with Crippen LogP contribution in [0.2, 0.25) is 0 Å². The molecule has 0 N–H and O–H groups in total. The second-order valence-electron chi connectivity index (χ2n) is 6.07. The number of esters is 1. The van der Waals surface area contributed by atoms with Gasteiger partial charge in [-0.25, -0.2) is 9.78 Å². The Kier molecular flexibility index (Phi) is 4.95. The van der Waals surface area contributed by atoms with Crippen LogP contribution in [0.5, 0.6) is 0 Å². The minimum Gasteiger partial charge on any atom is -0.462 e. The molecule has 0 bridgehead atoms. The van der Waals surface area contributed by atoms with Gasteiger partial charge >= 0.3 is 12.1 Å². The second kappa shape index (κ2) is 7.06. The molecule has 7 heteroatoms. The zero-order chi connectivity index (χ0) is 19.8. The Morgan fingerprint density at radius 2 is 1.93 bits per heavy atom. The van der Waals surface area contributed by atoms with Crippen molar-refractivity contribution < 1.29 is 22.7 Å². The highest BCUT2D eigenvalue weighted by Gasteiger charge is 2.30. The molecule has 27 heavy (non-hydrogen) atoms. The number of aryl methyl sites for hydroxylation is 1. The van der Waals surface area contributed by atoms with Crippen LogP contribution >= 0.6 is 0 Å². The minimum absolute atomic E-state index is 0.227. The zero-order valence-corrected chi connectivity index (χ0v) is 15.2. The monoisotopic (exact) mass is 376 g/mol. The lowest BCUT2D eigenvalue weighted by Crippen LogP contribution is -2.07. The molecule has 0 fully saturated rings. The predicted octanol–water partition coefficient (Wildman–Crippen LogP) is 5.23. The van der Waals surface area contributed by atoms with Crippen LogP contribution in [0.25, 0.3) is 22.3 Å². The van der Waals surface area contributed by atoms with Crippen molar-refractivity contribution in [2.24, 2.45) is 0 Å². The third-order valence-electron chi connectivity index (χ3n) is 4.45. The summed E-state index contributed by atoms with van der Waals surface area (Å²) in [5, 5.41) is 0. The SMILES string of the molecule is CCOC(=O)c1c(C)n(CC)c2ccc(-c3cccc(C(F)(F)F)c3)nc12. The van der Waals surface area contributed by atoms with Gasteiger partial charge in [0.1, 0.15) is 11.1 Å². The fourth-order valence-corrected chi connectivity index (χ4v) is 3.21. The number of hydrogen-bond acceptors (Lipinski definition) is 3. The molecule has 0 saturated heterocycles. The van der Waals surface area contributed by atoms with E-state index in [0.29, 0.717) is 28.9 Å². The molecule has 0 atom stereocenters. The maximum atomic E-state index is 13.0. The van der Waals surface area contributed by atoms with Crippen molar-refractivity contribution in [2.75, 3.05) is 6.61 Å². The van der Waals surface area contributed by atoms with Crippen molar-refractivity contribution >= 4 is 17.0 Å². The van der Waals surface area contributed by atoms with Crippen LogP contribution in [0.15, 0.2) is 36.4 Å². The molecule has 2 aromatic heterocycles. The van der Waals surface area contributed by atoms with E-state index in [2.05, 4.69) is 4.98 Å². The van der Waals surface area contributed by atoms with Crippen molar-refractivity contribution in [3.63, 3.8) is 0 Å². The molecule has 0 amide bonds. The highest BCUT2D eigenvalue weighted by Crippen LogP contribution is 2.33. The van der Waals surface area contributed by atoms with E-state index < -0.39 is 17.7 Å². The summed E-state index contributed by atoms with van der Waals surface area (Å²) < 4.78 is 46.1. The molecular weight excluding hydrogens is 357 g/mol. The number of aromatic nitrogens is 2. The van der Waals surface area contributed by atoms with Gasteiger partial charge in [-0.3, -0.25) is 0 Å². The Bertz CT molecular complexity index is 1010. The Labute approximate surface area is 154 Å². The van der Waals surface area contributed by atoms with E-state index in [9.17, 15) is 18.0 Å². The van der Waals surface area contributed by atoms with Gasteiger partial charge in [-0.1, -0.05) is 12.1 Å². The largest absolute Gasteiger partial charge is 0.462 e. The third kappa shape index (κ3) is 3.41. The van der Waals surface area contributed by atoms with Crippen LogP contribution in [-0.2, 0) is 17.5 Å². The first kappa shape index (κ1) is 18.9. The summed E-state index contributed by atoms with van der Waals surface area (Å²) in [6.45, 7) is 6.33. The molecule has 2 heterocycles. The molecule has 0 aliphatic rings. The Morgan fingerprint density at radius 3 is 2.56 bits per heavy atom. The molecular formula is C20H19F3N2O2. The zero-order valence-electron chi connectivity index (χ0n) is 15.2. The molecule has 142 valence electrons. The quantitative estimate of drug-likeness (QED) is 0.586. The average molecular weight is 376 g/mol. The lowest BCUT2D eigenvalue weighted by molar-refractivity contribution is -0.137. The highest BCUT2D eigenvalue weighted by atomic mass is 19.4. The van der Waals surface area contributed by atoms with Crippen molar-refractivity contribution in [1.29, 1.82) is 0 Å². The van der Waals surface area contributed by atoms with Gasteiger partial charge in [0, 0.05) is 17.8 Å². The van der Waals surface area contributed by atoms with Crippen molar-refractivity contribution in [3.05, 3.63) is 53.2 Å². The Balaban J connectivity index is 2.20. The number of carbonyl (C=O) groups excluding carboxylic acids is 1. The lowest BCUT2D eigenvalue weighted by Gasteiger charge is -2.09. The molecule has 0 aliphatic heterocycles. The Morgan fingerprint density at radius 1 is 1.19 bits per heavy atom. The van der Waals surface area contributed by atoms with Crippen molar-refractivity contribution in [1.82, 2.24) is 9.55 Å². The van der Waals surface area contributed by atoms with Gasteiger partial charge in [0.2, 0.25) is 0 Å². The van der Waals surface area contributed by atoms with Crippen LogP contribution in [0.3, 0.4) is 0 Å². The molecule has 1 aromatic carbocycles. The summed E-state index contributed by atoms with van der Waals surface area (Å²) >= 11 is 0. The van der Waals surface area contributed by atoms with Gasteiger partial charge in [-0.2, -0.15) is 13.2 Å².